The molecule has 1 atom stereocenters. The second kappa shape index (κ2) is 4.24. The molecular weight excluding hydrogens is 252 g/mol. The number of methoxy groups -OCH3 is 1. The van der Waals surface area contributed by atoms with E-state index in [2.05, 4.69) is 4.74 Å². The van der Waals surface area contributed by atoms with Crippen molar-refractivity contribution >= 4 is 15.8 Å². The molecule has 1 aliphatic rings. The highest BCUT2D eigenvalue weighted by Crippen LogP contribution is 2.33. The third kappa shape index (κ3) is 1.95. The smallest absolute Gasteiger partial charge is 0.338 e. The van der Waals surface area contributed by atoms with Crippen LogP contribution in [-0.2, 0) is 14.6 Å². The van der Waals surface area contributed by atoms with E-state index in [1.807, 2.05) is 6.92 Å². The molecule has 4 nitrogen and oxygen atoms in total. The van der Waals surface area contributed by atoms with Gasteiger partial charge in [0, 0.05) is 11.3 Å². The normalized spacial score (nSPS) is 20.3. The van der Waals surface area contributed by atoms with Crippen LogP contribution in [0.25, 0.3) is 0 Å². The summed E-state index contributed by atoms with van der Waals surface area (Å²) in [4.78, 5) is 11.8. The van der Waals surface area contributed by atoms with Crippen LogP contribution in [0.1, 0.15) is 34.3 Å². The lowest BCUT2D eigenvalue weighted by Crippen LogP contribution is -2.13. The van der Waals surface area contributed by atoms with Gasteiger partial charge in [0.1, 0.15) is 0 Å². The SMILES string of the molecule is COC(=O)c1cc2c(cc1C)C(C)C=CS2(=O)=O. The molecule has 1 heterocycles. The molecule has 5 heteroatoms. The molecule has 1 aliphatic heterocycles. The van der Waals surface area contributed by atoms with Crippen LogP contribution in [0.15, 0.2) is 28.5 Å². The van der Waals surface area contributed by atoms with Crippen molar-refractivity contribution in [2.24, 2.45) is 0 Å². The van der Waals surface area contributed by atoms with Gasteiger partial charge in [-0.15, -0.1) is 0 Å². The van der Waals surface area contributed by atoms with E-state index in [0.29, 0.717) is 5.56 Å². The van der Waals surface area contributed by atoms with Crippen molar-refractivity contribution in [1.82, 2.24) is 0 Å². The number of aryl methyl sites for hydroxylation is 1. The van der Waals surface area contributed by atoms with Gasteiger partial charge in [0.2, 0.25) is 0 Å². The van der Waals surface area contributed by atoms with Crippen LogP contribution in [0.3, 0.4) is 0 Å². The lowest BCUT2D eigenvalue weighted by molar-refractivity contribution is 0.0599. The van der Waals surface area contributed by atoms with Gasteiger partial charge in [0.25, 0.3) is 0 Å². The van der Waals surface area contributed by atoms with Crippen molar-refractivity contribution in [1.29, 1.82) is 0 Å². The van der Waals surface area contributed by atoms with Gasteiger partial charge in [-0.25, -0.2) is 13.2 Å². The molecule has 0 saturated heterocycles. The van der Waals surface area contributed by atoms with E-state index in [4.69, 9.17) is 0 Å². The van der Waals surface area contributed by atoms with Crippen molar-refractivity contribution in [3.8, 4) is 0 Å². The molecule has 0 amide bonds. The zero-order chi connectivity index (χ0) is 13.5. The maximum Gasteiger partial charge on any atom is 0.338 e. The quantitative estimate of drug-likeness (QED) is 0.731. The van der Waals surface area contributed by atoms with Gasteiger partial charge < -0.3 is 4.74 Å². The van der Waals surface area contributed by atoms with Crippen molar-refractivity contribution in [3.63, 3.8) is 0 Å². The first kappa shape index (κ1) is 12.8. The number of rotatable bonds is 1. The molecule has 0 bridgehead atoms. The molecule has 0 radical (unpaired) electrons. The van der Waals surface area contributed by atoms with Crippen LogP contribution in [0.5, 0.6) is 0 Å². The maximum absolute atomic E-state index is 12.0. The Kier molecular flexibility index (Phi) is 3.02. The van der Waals surface area contributed by atoms with E-state index in [-0.39, 0.29) is 10.8 Å². The molecule has 1 aromatic carbocycles. The van der Waals surface area contributed by atoms with Crippen molar-refractivity contribution in [3.05, 3.63) is 40.3 Å². The van der Waals surface area contributed by atoms with Gasteiger partial charge >= 0.3 is 5.97 Å². The van der Waals surface area contributed by atoms with E-state index >= 15 is 0 Å². The standard InChI is InChI=1S/C13H14O4S/c1-8-4-5-18(15,16)12-7-11(13(14)17-3)9(2)6-10(8)12/h4-8H,1-3H3. The summed E-state index contributed by atoms with van der Waals surface area (Å²) < 4.78 is 28.6. The van der Waals surface area contributed by atoms with Gasteiger partial charge in [0.05, 0.1) is 17.6 Å². The third-order valence-electron chi connectivity index (χ3n) is 3.11. The molecular formula is C13H14O4S. The highest BCUT2D eigenvalue weighted by molar-refractivity contribution is 7.94. The summed E-state index contributed by atoms with van der Waals surface area (Å²) in [5.41, 5.74) is 1.74. The summed E-state index contributed by atoms with van der Waals surface area (Å²) in [5, 5.41) is 1.19. The van der Waals surface area contributed by atoms with Gasteiger partial charge in [-0.05, 0) is 24.1 Å². The van der Waals surface area contributed by atoms with Gasteiger partial charge in [0.15, 0.2) is 9.84 Å². The largest absolute Gasteiger partial charge is 0.465 e. The number of hydrogen-bond acceptors (Lipinski definition) is 4. The molecule has 18 heavy (non-hydrogen) atoms. The zero-order valence-corrected chi connectivity index (χ0v) is 11.2. The summed E-state index contributed by atoms with van der Waals surface area (Å²) in [6.07, 6.45) is 1.65. The highest BCUT2D eigenvalue weighted by atomic mass is 32.2. The Labute approximate surface area is 106 Å². The van der Waals surface area contributed by atoms with Gasteiger partial charge in [-0.1, -0.05) is 19.1 Å². The van der Waals surface area contributed by atoms with Crippen LogP contribution >= 0.6 is 0 Å². The lowest BCUT2D eigenvalue weighted by atomic mass is 9.96. The summed E-state index contributed by atoms with van der Waals surface area (Å²) >= 11 is 0. The minimum atomic E-state index is -3.44. The van der Waals surface area contributed by atoms with Gasteiger partial charge in [-0.2, -0.15) is 0 Å². The number of carbonyl (C=O) groups excluding carboxylic acids is 1. The fraction of sp³-hybridized carbons (Fsp3) is 0.308. The van der Waals surface area contributed by atoms with E-state index in [9.17, 15) is 13.2 Å². The zero-order valence-electron chi connectivity index (χ0n) is 10.4. The Morgan fingerprint density at radius 1 is 1.33 bits per heavy atom. The first-order valence-corrected chi connectivity index (χ1v) is 7.07. The Balaban J connectivity index is 2.73. The van der Waals surface area contributed by atoms with Crippen molar-refractivity contribution in [2.45, 2.75) is 24.7 Å². The van der Waals surface area contributed by atoms with Crippen molar-refractivity contribution < 1.29 is 17.9 Å². The van der Waals surface area contributed by atoms with Crippen LogP contribution in [-0.4, -0.2) is 21.5 Å². The fourth-order valence-corrected chi connectivity index (χ4v) is 3.49. The maximum atomic E-state index is 12.0. The number of allylic oxidation sites excluding steroid dienone is 1. The molecule has 0 fully saturated rings. The summed E-state index contributed by atoms with van der Waals surface area (Å²) in [7, 11) is -2.17. The Bertz CT molecular complexity index is 641. The second-order valence-electron chi connectivity index (χ2n) is 4.36. The molecule has 0 aromatic heterocycles. The van der Waals surface area contributed by atoms with E-state index < -0.39 is 15.8 Å². The topological polar surface area (TPSA) is 60.4 Å². The lowest BCUT2D eigenvalue weighted by Gasteiger charge is -2.19. The predicted molar refractivity (Wildman–Crippen MR) is 67.3 cm³/mol. The van der Waals surface area contributed by atoms with Crippen LogP contribution in [0.4, 0.5) is 0 Å². The van der Waals surface area contributed by atoms with E-state index in [0.717, 1.165) is 11.1 Å². The summed E-state index contributed by atoms with van der Waals surface area (Å²) in [6, 6.07) is 3.15. The molecule has 0 spiro atoms. The number of esters is 1. The van der Waals surface area contributed by atoms with Crippen LogP contribution in [0.2, 0.25) is 0 Å². The molecule has 2 rings (SSSR count). The molecule has 1 unspecified atom stereocenters. The molecule has 0 N–H and O–H groups in total. The minimum Gasteiger partial charge on any atom is -0.465 e. The monoisotopic (exact) mass is 266 g/mol. The molecule has 0 aliphatic carbocycles. The second-order valence-corrected chi connectivity index (χ2v) is 6.16. The van der Waals surface area contributed by atoms with Gasteiger partial charge in [-0.3, -0.25) is 0 Å². The summed E-state index contributed by atoms with van der Waals surface area (Å²) in [5.74, 6) is -0.498. The fourth-order valence-electron chi connectivity index (χ4n) is 2.04. The number of ether oxygens (including phenoxy) is 1. The van der Waals surface area contributed by atoms with Crippen LogP contribution < -0.4 is 0 Å². The number of fused-ring (bicyclic) bond motifs is 1. The molecule has 0 saturated carbocycles. The first-order valence-electron chi connectivity index (χ1n) is 5.53. The highest BCUT2D eigenvalue weighted by Gasteiger charge is 2.26. The average molecular weight is 266 g/mol. The minimum absolute atomic E-state index is 0.0221. The number of sulfone groups is 1. The van der Waals surface area contributed by atoms with Crippen LogP contribution in [0, 0.1) is 6.92 Å². The van der Waals surface area contributed by atoms with E-state index in [1.165, 1.54) is 18.6 Å². The third-order valence-corrected chi connectivity index (χ3v) is 4.59. The Hall–Kier alpha value is -1.62. The first-order chi connectivity index (χ1) is 8.36. The predicted octanol–water partition coefficient (Wildman–Crippen LogP) is 2.19. The average Bonchev–Trinajstić information content (AvgIpc) is 2.33. The molecule has 1 aromatic rings. The Morgan fingerprint density at radius 3 is 2.61 bits per heavy atom. The molecule has 96 valence electrons. The van der Waals surface area contributed by atoms with E-state index in [1.54, 1.807) is 19.1 Å². The summed E-state index contributed by atoms with van der Waals surface area (Å²) in [6.45, 7) is 3.69. The number of carbonyl (C=O) groups is 1. The van der Waals surface area contributed by atoms with Crippen molar-refractivity contribution in [2.75, 3.05) is 7.11 Å². The number of benzene rings is 1. The Morgan fingerprint density at radius 2 is 2.00 bits per heavy atom. The number of hydrogen-bond donors (Lipinski definition) is 0.